The fourth-order valence-corrected chi connectivity index (χ4v) is 4.69. The van der Waals surface area contributed by atoms with Crippen LogP contribution < -0.4 is 15.3 Å². The highest BCUT2D eigenvalue weighted by molar-refractivity contribution is 7.92. The number of hydrogen-bond donors (Lipinski definition) is 2. The van der Waals surface area contributed by atoms with Crippen molar-refractivity contribution in [2.45, 2.75) is 12.8 Å². The smallest absolute Gasteiger partial charge is 0.322 e. The van der Waals surface area contributed by atoms with E-state index in [0.29, 0.717) is 30.0 Å². The Morgan fingerprint density at radius 1 is 1.19 bits per heavy atom. The molecule has 2 N–H and O–H groups in total. The van der Waals surface area contributed by atoms with Gasteiger partial charge < -0.3 is 5.32 Å². The van der Waals surface area contributed by atoms with Crippen LogP contribution >= 0.6 is 0 Å². The van der Waals surface area contributed by atoms with Crippen molar-refractivity contribution in [3.63, 3.8) is 0 Å². The Kier molecular flexibility index (Phi) is 4.19. The second-order valence-electron chi connectivity index (χ2n) is 6.27. The minimum Gasteiger partial charge on any atom is -0.322 e. The van der Waals surface area contributed by atoms with E-state index in [1.807, 2.05) is 0 Å². The maximum absolute atomic E-state index is 12.5. The second kappa shape index (κ2) is 6.54. The van der Waals surface area contributed by atoms with Gasteiger partial charge in [0.2, 0.25) is 10.0 Å². The number of nitrogens with zero attached hydrogens (tertiary/aromatic N) is 3. The van der Waals surface area contributed by atoms with Crippen molar-refractivity contribution in [1.29, 1.82) is 0 Å². The fraction of sp³-hybridized carbons (Fsp3) is 0.235. The molecule has 4 rings (SSSR count). The fourth-order valence-electron chi connectivity index (χ4n) is 3.06. The van der Waals surface area contributed by atoms with Gasteiger partial charge in [-0.15, -0.1) is 0 Å². The van der Waals surface area contributed by atoms with Crippen molar-refractivity contribution in [1.82, 2.24) is 14.6 Å². The van der Waals surface area contributed by atoms with Crippen LogP contribution in [0.5, 0.6) is 0 Å². The number of nitrogens with one attached hydrogen (secondary N) is 2. The van der Waals surface area contributed by atoms with Gasteiger partial charge >= 0.3 is 5.69 Å². The van der Waals surface area contributed by atoms with Gasteiger partial charge in [-0.05, 0) is 43.2 Å². The van der Waals surface area contributed by atoms with Gasteiger partial charge in [0.15, 0.2) is 5.65 Å². The standard InChI is InChI=1S/C17H17N5O4S/c23-16(12-6-7-15-19-20-17(24)21(15)11-12)18-13-4-3-5-14(10-13)22-8-1-2-9-27(22,25)26/h3-7,10-11H,1-2,8-9H2,(H,18,23)(H,20,24). The molecule has 27 heavy (non-hydrogen) atoms. The first kappa shape index (κ1) is 17.3. The van der Waals surface area contributed by atoms with E-state index in [1.54, 1.807) is 36.4 Å². The number of sulfonamides is 1. The number of rotatable bonds is 3. The zero-order valence-corrected chi connectivity index (χ0v) is 15.1. The number of amides is 1. The van der Waals surface area contributed by atoms with Crippen LogP contribution in [0, 0.1) is 0 Å². The number of carbonyl (C=O) groups excluding carboxylic acids is 1. The van der Waals surface area contributed by atoms with E-state index in [1.165, 1.54) is 14.9 Å². The van der Waals surface area contributed by atoms with Gasteiger partial charge in [0.25, 0.3) is 5.91 Å². The van der Waals surface area contributed by atoms with Crippen LogP contribution in [-0.2, 0) is 10.0 Å². The average Bonchev–Trinajstić information content (AvgIpc) is 3.02. The summed E-state index contributed by atoms with van der Waals surface area (Å²) in [6, 6.07) is 9.83. The molecule has 3 heterocycles. The molecule has 0 aliphatic carbocycles. The summed E-state index contributed by atoms with van der Waals surface area (Å²) in [5.41, 5.74) is 1.25. The monoisotopic (exact) mass is 387 g/mol. The maximum Gasteiger partial charge on any atom is 0.347 e. The lowest BCUT2D eigenvalue weighted by molar-refractivity contribution is 0.102. The minimum absolute atomic E-state index is 0.128. The lowest BCUT2D eigenvalue weighted by Crippen LogP contribution is -2.37. The van der Waals surface area contributed by atoms with E-state index < -0.39 is 21.6 Å². The van der Waals surface area contributed by atoms with Gasteiger partial charge in [0.05, 0.1) is 17.0 Å². The molecular weight excluding hydrogens is 370 g/mol. The predicted molar refractivity (Wildman–Crippen MR) is 101 cm³/mol. The Hall–Kier alpha value is -3.14. The average molecular weight is 387 g/mol. The number of fused-ring (bicyclic) bond motifs is 1. The molecule has 0 saturated carbocycles. The maximum atomic E-state index is 12.5. The number of carbonyl (C=O) groups is 1. The third-order valence-corrected chi connectivity index (χ3v) is 6.28. The van der Waals surface area contributed by atoms with Crippen LogP contribution in [0.1, 0.15) is 23.2 Å². The first-order valence-corrected chi connectivity index (χ1v) is 10.0. The predicted octanol–water partition coefficient (Wildman–Crippen LogP) is 1.20. The van der Waals surface area contributed by atoms with E-state index in [9.17, 15) is 18.0 Å². The van der Waals surface area contributed by atoms with E-state index in [4.69, 9.17) is 0 Å². The Labute approximate surface area is 154 Å². The second-order valence-corrected chi connectivity index (χ2v) is 8.29. The van der Waals surface area contributed by atoms with E-state index in [2.05, 4.69) is 15.5 Å². The van der Waals surface area contributed by atoms with Crippen molar-refractivity contribution < 1.29 is 13.2 Å². The molecular formula is C17H17N5O4S. The molecule has 1 aromatic carbocycles. The SMILES string of the molecule is O=C(Nc1cccc(N2CCCCS2(=O)=O)c1)c1ccc2n[nH]c(=O)n2c1. The van der Waals surface area contributed by atoms with E-state index >= 15 is 0 Å². The molecule has 1 fully saturated rings. The van der Waals surface area contributed by atoms with Crippen molar-refractivity contribution in [2.75, 3.05) is 21.9 Å². The van der Waals surface area contributed by atoms with Crippen LogP contribution in [0.4, 0.5) is 11.4 Å². The normalized spacial score (nSPS) is 16.4. The van der Waals surface area contributed by atoms with Crippen LogP contribution in [0.15, 0.2) is 47.4 Å². The molecule has 0 atom stereocenters. The third kappa shape index (κ3) is 3.31. The Morgan fingerprint density at radius 3 is 2.85 bits per heavy atom. The number of anilines is 2. The van der Waals surface area contributed by atoms with Crippen LogP contribution in [0.25, 0.3) is 5.65 Å². The van der Waals surface area contributed by atoms with Crippen LogP contribution in [-0.4, -0.2) is 41.2 Å². The Balaban J connectivity index is 1.59. The van der Waals surface area contributed by atoms with Crippen molar-refractivity contribution >= 4 is 33.0 Å². The summed E-state index contributed by atoms with van der Waals surface area (Å²) in [7, 11) is -3.32. The zero-order valence-electron chi connectivity index (χ0n) is 14.3. The molecule has 0 unspecified atom stereocenters. The molecule has 0 radical (unpaired) electrons. The van der Waals surface area contributed by atoms with Gasteiger partial charge in [-0.2, -0.15) is 5.10 Å². The first-order chi connectivity index (χ1) is 12.9. The van der Waals surface area contributed by atoms with Crippen LogP contribution in [0.2, 0.25) is 0 Å². The van der Waals surface area contributed by atoms with E-state index in [-0.39, 0.29) is 11.3 Å². The minimum atomic E-state index is -3.32. The molecule has 0 spiro atoms. The molecule has 10 heteroatoms. The topological polar surface area (TPSA) is 117 Å². The summed E-state index contributed by atoms with van der Waals surface area (Å²) in [5, 5.41) is 8.85. The Bertz CT molecular complexity index is 1180. The quantitative estimate of drug-likeness (QED) is 0.700. The number of H-pyrrole nitrogens is 1. The molecule has 140 valence electrons. The lowest BCUT2D eigenvalue weighted by atomic mass is 10.2. The molecule has 0 bridgehead atoms. The number of pyridine rings is 1. The summed E-state index contributed by atoms with van der Waals surface area (Å²) < 4.78 is 27.2. The summed E-state index contributed by atoms with van der Waals surface area (Å²) in [6.07, 6.45) is 2.86. The zero-order chi connectivity index (χ0) is 19.0. The largest absolute Gasteiger partial charge is 0.347 e. The first-order valence-electron chi connectivity index (χ1n) is 8.43. The molecule has 1 amide bonds. The number of aromatic amines is 1. The highest BCUT2D eigenvalue weighted by Gasteiger charge is 2.26. The molecule has 2 aromatic heterocycles. The molecule has 3 aromatic rings. The van der Waals surface area contributed by atoms with Crippen molar-refractivity contribution in [2.24, 2.45) is 0 Å². The summed E-state index contributed by atoms with van der Waals surface area (Å²) in [6.45, 7) is 0.430. The summed E-state index contributed by atoms with van der Waals surface area (Å²) in [5.74, 6) is -0.285. The molecule has 1 aliphatic rings. The highest BCUT2D eigenvalue weighted by atomic mass is 32.2. The van der Waals surface area contributed by atoms with Gasteiger partial charge in [-0.1, -0.05) is 6.07 Å². The number of hydrogen-bond acceptors (Lipinski definition) is 5. The summed E-state index contributed by atoms with van der Waals surface area (Å²) >= 11 is 0. The Morgan fingerprint density at radius 2 is 2.04 bits per heavy atom. The van der Waals surface area contributed by atoms with Gasteiger partial charge in [0, 0.05) is 18.4 Å². The van der Waals surface area contributed by atoms with Crippen LogP contribution in [0.3, 0.4) is 0 Å². The molecule has 1 saturated heterocycles. The lowest BCUT2D eigenvalue weighted by Gasteiger charge is -2.28. The van der Waals surface area contributed by atoms with Gasteiger partial charge in [0.1, 0.15) is 0 Å². The van der Waals surface area contributed by atoms with Gasteiger partial charge in [-0.3, -0.25) is 9.10 Å². The van der Waals surface area contributed by atoms with Crippen molar-refractivity contribution in [3.05, 3.63) is 58.6 Å². The number of benzene rings is 1. The molecule has 1 aliphatic heterocycles. The van der Waals surface area contributed by atoms with Gasteiger partial charge in [-0.25, -0.2) is 22.7 Å². The number of aromatic nitrogens is 3. The summed E-state index contributed by atoms with van der Waals surface area (Å²) in [4.78, 5) is 24.2. The highest BCUT2D eigenvalue weighted by Crippen LogP contribution is 2.26. The van der Waals surface area contributed by atoms with Crippen molar-refractivity contribution in [3.8, 4) is 0 Å². The third-order valence-electron chi connectivity index (χ3n) is 4.42. The molecule has 9 nitrogen and oxygen atoms in total. The van der Waals surface area contributed by atoms with E-state index in [0.717, 1.165) is 6.42 Å².